The summed E-state index contributed by atoms with van der Waals surface area (Å²) in [5, 5.41) is 3.11. The first-order chi connectivity index (χ1) is 10.1. The summed E-state index contributed by atoms with van der Waals surface area (Å²) >= 11 is 0. The predicted octanol–water partition coefficient (Wildman–Crippen LogP) is 4.54. The second-order valence-electron chi connectivity index (χ2n) is 8.01. The molecular weight excluding hydrogens is 258 g/mol. The van der Waals surface area contributed by atoms with Crippen LogP contribution in [0.2, 0.25) is 0 Å². The molecule has 2 nitrogen and oxygen atoms in total. The van der Waals surface area contributed by atoms with Gasteiger partial charge in [-0.1, -0.05) is 17.7 Å². The quantitative estimate of drug-likeness (QED) is 0.867. The van der Waals surface area contributed by atoms with Crippen molar-refractivity contribution in [1.29, 1.82) is 0 Å². The lowest BCUT2D eigenvalue weighted by Gasteiger charge is -2.56. The smallest absolute Gasteiger partial charge is 0.224 e. The van der Waals surface area contributed by atoms with Gasteiger partial charge in [0.1, 0.15) is 0 Å². The summed E-state index contributed by atoms with van der Waals surface area (Å²) in [5.41, 5.74) is 2.51. The maximum atomic E-state index is 12.5. The van der Waals surface area contributed by atoms with E-state index in [4.69, 9.17) is 0 Å². The monoisotopic (exact) mass is 283 g/mol. The van der Waals surface area contributed by atoms with Gasteiger partial charge < -0.3 is 5.32 Å². The number of anilines is 1. The summed E-state index contributed by atoms with van der Waals surface area (Å²) in [4.78, 5) is 12.5. The second kappa shape index (κ2) is 4.86. The third kappa shape index (κ3) is 2.61. The molecule has 1 aromatic carbocycles. The summed E-state index contributed by atoms with van der Waals surface area (Å²) in [6.07, 6.45) is 8.99. The molecule has 1 amide bonds. The number of rotatable bonds is 3. The molecule has 112 valence electrons. The molecule has 0 aliphatic heterocycles. The van der Waals surface area contributed by atoms with Gasteiger partial charge >= 0.3 is 0 Å². The van der Waals surface area contributed by atoms with E-state index in [1.165, 1.54) is 44.1 Å². The standard InChI is InChI=1S/C19H25NO/c1-13-2-4-17(5-3-13)20-18(21)12-19-9-14-6-15(10-19)8-16(7-14)11-19/h2-5,14-16H,6-12H2,1H3,(H,20,21). The molecule has 0 saturated heterocycles. The molecule has 4 fully saturated rings. The summed E-state index contributed by atoms with van der Waals surface area (Å²) in [6, 6.07) is 8.13. The van der Waals surface area contributed by atoms with Gasteiger partial charge in [-0.3, -0.25) is 4.79 Å². The zero-order chi connectivity index (χ0) is 14.4. The minimum atomic E-state index is 0.223. The molecular formula is C19H25NO. The fourth-order valence-electron chi connectivity index (χ4n) is 5.69. The van der Waals surface area contributed by atoms with E-state index in [0.717, 1.165) is 29.9 Å². The molecule has 1 aromatic rings. The zero-order valence-electron chi connectivity index (χ0n) is 12.9. The van der Waals surface area contributed by atoms with Gasteiger partial charge in [-0.15, -0.1) is 0 Å². The van der Waals surface area contributed by atoms with Crippen LogP contribution >= 0.6 is 0 Å². The van der Waals surface area contributed by atoms with E-state index in [0.29, 0.717) is 5.41 Å². The highest BCUT2D eigenvalue weighted by Gasteiger charge is 2.51. The van der Waals surface area contributed by atoms with Crippen LogP contribution in [0, 0.1) is 30.1 Å². The first kappa shape index (κ1) is 13.4. The maximum Gasteiger partial charge on any atom is 0.224 e. The van der Waals surface area contributed by atoms with E-state index in [2.05, 4.69) is 24.4 Å². The van der Waals surface area contributed by atoms with Gasteiger partial charge in [-0.25, -0.2) is 0 Å². The largest absolute Gasteiger partial charge is 0.326 e. The number of carbonyl (C=O) groups excluding carboxylic acids is 1. The van der Waals surface area contributed by atoms with Crippen molar-refractivity contribution in [1.82, 2.24) is 0 Å². The van der Waals surface area contributed by atoms with Crippen LogP contribution in [0.5, 0.6) is 0 Å². The van der Waals surface area contributed by atoms with Crippen molar-refractivity contribution in [3.8, 4) is 0 Å². The van der Waals surface area contributed by atoms with Crippen molar-refractivity contribution in [2.75, 3.05) is 5.32 Å². The number of hydrogen-bond acceptors (Lipinski definition) is 1. The lowest BCUT2D eigenvalue weighted by atomic mass is 9.49. The first-order valence-electron chi connectivity index (χ1n) is 8.47. The highest BCUT2D eigenvalue weighted by Crippen LogP contribution is 2.61. The Labute approximate surface area is 127 Å². The number of benzene rings is 1. The topological polar surface area (TPSA) is 29.1 Å². The molecule has 4 aliphatic rings. The van der Waals surface area contributed by atoms with Crippen molar-refractivity contribution in [3.05, 3.63) is 29.8 Å². The van der Waals surface area contributed by atoms with Crippen LogP contribution in [-0.4, -0.2) is 5.91 Å². The normalized spacial score (nSPS) is 36.7. The van der Waals surface area contributed by atoms with E-state index >= 15 is 0 Å². The average Bonchev–Trinajstić information content (AvgIpc) is 2.39. The van der Waals surface area contributed by atoms with Crippen LogP contribution in [0.15, 0.2) is 24.3 Å². The first-order valence-corrected chi connectivity index (χ1v) is 8.47. The van der Waals surface area contributed by atoms with Crippen LogP contribution < -0.4 is 5.32 Å². The van der Waals surface area contributed by atoms with Gasteiger partial charge in [0, 0.05) is 12.1 Å². The Bertz CT molecular complexity index is 510. The number of aryl methyl sites for hydroxylation is 1. The van der Waals surface area contributed by atoms with Gasteiger partial charge in [-0.2, -0.15) is 0 Å². The van der Waals surface area contributed by atoms with Gasteiger partial charge in [-0.05, 0) is 80.8 Å². The third-order valence-electron chi connectivity index (χ3n) is 6.04. The Morgan fingerprint density at radius 1 is 1.05 bits per heavy atom. The van der Waals surface area contributed by atoms with Crippen LogP contribution in [-0.2, 0) is 4.79 Å². The molecule has 0 unspecified atom stereocenters. The fraction of sp³-hybridized carbons (Fsp3) is 0.632. The van der Waals surface area contributed by atoms with Gasteiger partial charge in [0.2, 0.25) is 5.91 Å². The predicted molar refractivity (Wildman–Crippen MR) is 85.0 cm³/mol. The van der Waals surface area contributed by atoms with Crippen molar-refractivity contribution in [3.63, 3.8) is 0 Å². The SMILES string of the molecule is Cc1ccc(NC(=O)CC23CC4CC(CC(C4)C2)C3)cc1. The molecule has 0 heterocycles. The van der Waals surface area contributed by atoms with Crippen LogP contribution in [0.1, 0.15) is 50.5 Å². The fourth-order valence-corrected chi connectivity index (χ4v) is 5.69. The van der Waals surface area contributed by atoms with Crippen LogP contribution in [0.25, 0.3) is 0 Å². The third-order valence-corrected chi connectivity index (χ3v) is 6.04. The van der Waals surface area contributed by atoms with Gasteiger partial charge in [0.25, 0.3) is 0 Å². The Hall–Kier alpha value is -1.31. The van der Waals surface area contributed by atoms with E-state index in [1.807, 2.05) is 12.1 Å². The van der Waals surface area contributed by atoms with Gasteiger partial charge in [0.05, 0.1) is 0 Å². The van der Waals surface area contributed by atoms with Crippen molar-refractivity contribution < 1.29 is 4.79 Å². The molecule has 2 heteroatoms. The summed E-state index contributed by atoms with van der Waals surface area (Å²) < 4.78 is 0. The van der Waals surface area contributed by atoms with Crippen LogP contribution in [0.4, 0.5) is 5.69 Å². The molecule has 21 heavy (non-hydrogen) atoms. The molecule has 0 spiro atoms. The molecule has 4 saturated carbocycles. The van der Waals surface area contributed by atoms with E-state index < -0.39 is 0 Å². The van der Waals surface area contributed by atoms with Crippen molar-refractivity contribution in [2.24, 2.45) is 23.2 Å². The Kier molecular flexibility index (Phi) is 3.09. The lowest BCUT2D eigenvalue weighted by molar-refractivity contribution is -0.124. The summed E-state index contributed by atoms with van der Waals surface area (Å²) in [6.45, 7) is 2.07. The van der Waals surface area contributed by atoms with E-state index in [9.17, 15) is 4.79 Å². The molecule has 5 rings (SSSR count). The number of nitrogens with one attached hydrogen (secondary N) is 1. The van der Waals surface area contributed by atoms with Crippen LogP contribution in [0.3, 0.4) is 0 Å². The Balaban J connectivity index is 1.43. The van der Waals surface area contributed by atoms with Crippen molar-refractivity contribution >= 4 is 11.6 Å². The maximum absolute atomic E-state index is 12.5. The molecule has 0 aromatic heterocycles. The molecule has 1 N–H and O–H groups in total. The molecule has 4 aliphatic carbocycles. The molecule has 0 atom stereocenters. The van der Waals surface area contributed by atoms with Crippen molar-refractivity contribution in [2.45, 2.75) is 51.9 Å². The summed E-state index contributed by atoms with van der Waals surface area (Å²) in [5.74, 6) is 2.98. The number of carbonyl (C=O) groups is 1. The lowest BCUT2D eigenvalue weighted by Crippen LogP contribution is -2.47. The van der Waals surface area contributed by atoms with Gasteiger partial charge in [0.15, 0.2) is 0 Å². The average molecular weight is 283 g/mol. The molecule has 4 bridgehead atoms. The highest BCUT2D eigenvalue weighted by atomic mass is 16.1. The summed E-state index contributed by atoms with van der Waals surface area (Å²) in [7, 11) is 0. The van der Waals surface area contributed by atoms with E-state index in [-0.39, 0.29) is 5.91 Å². The zero-order valence-corrected chi connectivity index (χ0v) is 12.9. The second-order valence-corrected chi connectivity index (χ2v) is 8.01. The number of hydrogen-bond donors (Lipinski definition) is 1. The van der Waals surface area contributed by atoms with E-state index in [1.54, 1.807) is 0 Å². The minimum Gasteiger partial charge on any atom is -0.326 e. The molecule has 0 radical (unpaired) electrons. The highest BCUT2D eigenvalue weighted by molar-refractivity contribution is 5.91. The Morgan fingerprint density at radius 2 is 1.57 bits per heavy atom. The number of amides is 1. The Morgan fingerprint density at radius 3 is 2.10 bits per heavy atom. The minimum absolute atomic E-state index is 0.223.